The van der Waals surface area contributed by atoms with Crippen molar-refractivity contribution in [3.05, 3.63) is 113 Å². The van der Waals surface area contributed by atoms with E-state index in [9.17, 15) is 4.79 Å². The van der Waals surface area contributed by atoms with Crippen molar-refractivity contribution in [3.8, 4) is 11.3 Å². The molecule has 0 spiro atoms. The first kappa shape index (κ1) is 27.2. The summed E-state index contributed by atoms with van der Waals surface area (Å²) in [5.41, 5.74) is 3.43. The van der Waals surface area contributed by atoms with Crippen molar-refractivity contribution in [2.24, 2.45) is 11.3 Å². The first-order chi connectivity index (χ1) is 18.8. The largest absolute Gasteiger partial charge is 0.328 e. The molecule has 39 heavy (non-hydrogen) atoms. The standard InChI is InChI=1S/C33H37ClN4O/c1-33(2,3)30(38(22-25-17-18-35-20-25)32(39)26-13-8-5-9-14-26)31-36-29(27-15-10-16-28(34)19-27)23-37(31)21-24-11-6-4-7-12-24/h4-16,19,23,25,30,35H,17-18,20-22H2,1-3H3/t25?,30-/m0/s1. The van der Waals surface area contributed by atoms with Crippen LogP contribution in [0.25, 0.3) is 11.3 Å². The molecule has 2 atom stereocenters. The minimum atomic E-state index is -0.276. The van der Waals surface area contributed by atoms with E-state index >= 15 is 0 Å². The summed E-state index contributed by atoms with van der Waals surface area (Å²) in [6.07, 6.45) is 3.16. The van der Waals surface area contributed by atoms with Crippen LogP contribution >= 0.6 is 11.6 Å². The third-order valence-electron chi connectivity index (χ3n) is 7.40. The number of amides is 1. The zero-order chi connectivity index (χ0) is 27.4. The van der Waals surface area contributed by atoms with Crippen LogP contribution in [0.4, 0.5) is 0 Å². The molecule has 0 radical (unpaired) electrons. The highest BCUT2D eigenvalue weighted by Crippen LogP contribution is 2.40. The Hall–Kier alpha value is -3.41. The zero-order valence-electron chi connectivity index (χ0n) is 23.0. The van der Waals surface area contributed by atoms with E-state index in [2.05, 4.69) is 66.0 Å². The predicted octanol–water partition coefficient (Wildman–Crippen LogP) is 7.09. The van der Waals surface area contributed by atoms with Crippen LogP contribution in [0.5, 0.6) is 0 Å². The van der Waals surface area contributed by atoms with Crippen LogP contribution in [-0.2, 0) is 6.54 Å². The fraction of sp³-hybridized carbons (Fsp3) is 0.333. The summed E-state index contributed by atoms with van der Waals surface area (Å²) in [6.45, 7) is 9.85. The Morgan fingerprint density at radius 3 is 2.41 bits per heavy atom. The maximum absolute atomic E-state index is 14.2. The molecule has 3 aromatic carbocycles. The quantitative estimate of drug-likeness (QED) is 0.259. The fourth-order valence-electron chi connectivity index (χ4n) is 5.54. The topological polar surface area (TPSA) is 50.2 Å². The summed E-state index contributed by atoms with van der Waals surface area (Å²) < 4.78 is 2.22. The van der Waals surface area contributed by atoms with Gasteiger partial charge in [0, 0.05) is 35.4 Å². The molecule has 4 aromatic rings. The minimum absolute atomic E-state index is 0.0426. The molecular weight excluding hydrogens is 504 g/mol. The number of aromatic nitrogens is 2. The van der Waals surface area contributed by atoms with Gasteiger partial charge in [-0.1, -0.05) is 93.0 Å². The third-order valence-corrected chi connectivity index (χ3v) is 7.63. The van der Waals surface area contributed by atoms with E-state index in [1.54, 1.807) is 0 Å². The van der Waals surface area contributed by atoms with Gasteiger partial charge in [0.25, 0.3) is 5.91 Å². The molecule has 6 heteroatoms. The summed E-state index contributed by atoms with van der Waals surface area (Å²) in [7, 11) is 0. The van der Waals surface area contributed by atoms with E-state index in [1.807, 2.05) is 60.7 Å². The van der Waals surface area contributed by atoms with Gasteiger partial charge in [0.15, 0.2) is 0 Å². The number of hydrogen-bond acceptors (Lipinski definition) is 3. The Morgan fingerprint density at radius 2 is 1.77 bits per heavy atom. The molecule has 1 saturated heterocycles. The van der Waals surface area contributed by atoms with Crippen molar-refractivity contribution in [2.75, 3.05) is 19.6 Å². The zero-order valence-corrected chi connectivity index (χ0v) is 23.7. The fourth-order valence-corrected chi connectivity index (χ4v) is 5.73. The molecule has 5 nitrogen and oxygen atoms in total. The summed E-state index contributed by atoms with van der Waals surface area (Å²) >= 11 is 6.37. The molecule has 1 fully saturated rings. The SMILES string of the molecule is CC(C)(C)[C@H](c1nc(-c2cccc(Cl)c2)cn1Cc1ccccc1)N(CC1CCNC1)C(=O)c1ccccc1. The molecule has 1 amide bonds. The second-order valence-electron chi connectivity index (χ2n) is 11.6. The van der Waals surface area contributed by atoms with Crippen LogP contribution in [0.15, 0.2) is 91.1 Å². The molecule has 1 aliphatic rings. The van der Waals surface area contributed by atoms with Crippen LogP contribution in [0.2, 0.25) is 5.02 Å². The molecule has 1 unspecified atom stereocenters. The molecule has 202 valence electrons. The predicted molar refractivity (Wildman–Crippen MR) is 159 cm³/mol. The molecule has 0 saturated carbocycles. The highest BCUT2D eigenvalue weighted by Gasteiger charge is 2.40. The van der Waals surface area contributed by atoms with Gasteiger partial charge in [-0.15, -0.1) is 0 Å². The van der Waals surface area contributed by atoms with Gasteiger partial charge >= 0.3 is 0 Å². The summed E-state index contributed by atoms with van der Waals surface area (Å²) in [5.74, 6) is 1.32. The van der Waals surface area contributed by atoms with E-state index in [0.29, 0.717) is 29.6 Å². The van der Waals surface area contributed by atoms with Gasteiger partial charge in [0.1, 0.15) is 5.82 Å². The second kappa shape index (κ2) is 11.8. The van der Waals surface area contributed by atoms with E-state index in [0.717, 1.165) is 36.6 Å². The number of halogens is 1. The van der Waals surface area contributed by atoms with Gasteiger partial charge in [0.05, 0.1) is 11.7 Å². The Bertz CT molecular complexity index is 1390. The van der Waals surface area contributed by atoms with E-state index in [-0.39, 0.29) is 17.4 Å². The Balaban J connectivity index is 1.65. The first-order valence-electron chi connectivity index (χ1n) is 13.7. The molecule has 1 N–H and O–H groups in total. The summed E-state index contributed by atoms with van der Waals surface area (Å²) in [6, 6.07) is 27.6. The average molecular weight is 541 g/mol. The maximum atomic E-state index is 14.2. The lowest BCUT2D eigenvalue weighted by molar-refractivity contribution is 0.0437. The van der Waals surface area contributed by atoms with Crippen molar-refractivity contribution in [2.45, 2.75) is 39.8 Å². The molecule has 5 rings (SSSR count). The van der Waals surface area contributed by atoms with Gasteiger partial charge in [-0.2, -0.15) is 0 Å². The Labute approximate surface area is 236 Å². The van der Waals surface area contributed by atoms with Gasteiger partial charge < -0.3 is 14.8 Å². The first-order valence-corrected chi connectivity index (χ1v) is 14.1. The van der Waals surface area contributed by atoms with Crippen LogP contribution in [0, 0.1) is 11.3 Å². The van der Waals surface area contributed by atoms with E-state index in [1.165, 1.54) is 5.56 Å². The van der Waals surface area contributed by atoms with Gasteiger partial charge in [-0.3, -0.25) is 4.79 Å². The van der Waals surface area contributed by atoms with Crippen LogP contribution in [-0.4, -0.2) is 40.0 Å². The number of imidazole rings is 1. The van der Waals surface area contributed by atoms with Crippen molar-refractivity contribution in [1.29, 1.82) is 0 Å². The van der Waals surface area contributed by atoms with Crippen molar-refractivity contribution in [3.63, 3.8) is 0 Å². The summed E-state index contributed by atoms with van der Waals surface area (Å²) in [4.78, 5) is 21.6. The monoisotopic (exact) mass is 540 g/mol. The number of benzene rings is 3. The molecule has 2 heterocycles. The minimum Gasteiger partial charge on any atom is -0.328 e. The number of nitrogens with one attached hydrogen (secondary N) is 1. The number of rotatable bonds is 8. The number of carbonyl (C=O) groups excluding carboxylic acids is 1. The third kappa shape index (κ3) is 6.43. The molecule has 1 aromatic heterocycles. The van der Waals surface area contributed by atoms with E-state index < -0.39 is 0 Å². The van der Waals surface area contributed by atoms with Crippen molar-refractivity contribution < 1.29 is 4.79 Å². The molecular formula is C33H37ClN4O. The number of hydrogen-bond donors (Lipinski definition) is 1. The van der Waals surface area contributed by atoms with Crippen LogP contribution in [0.1, 0.15) is 55.0 Å². The second-order valence-corrected chi connectivity index (χ2v) is 12.0. The average Bonchev–Trinajstić information content (AvgIpc) is 3.59. The molecule has 1 aliphatic heterocycles. The molecule has 0 bridgehead atoms. The Kier molecular flexibility index (Phi) is 8.20. The van der Waals surface area contributed by atoms with Gasteiger partial charge in [0.2, 0.25) is 0 Å². The van der Waals surface area contributed by atoms with Crippen LogP contribution < -0.4 is 5.32 Å². The number of carbonyl (C=O) groups is 1. The van der Waals surface area contributed by atoms with Crippen molar-refractivity contribution in [1.82, 2.24) is 19.8 Å². The van der Waals surface area contributed by atoms with E-state index in [4.69, 9.17) is 16.6 Å². The van der Waals surface area contributed by atoms with Gasteiger partial charge in [-0.05, 0) is 60.7 Å². The normalized spacial score (nSPS) is 16.3. The molecule has 0 aliphatic carbocycles. The number of nitrogens with zero attached hydrogens (tertiary/aromatic N) is 3. The summed E-state index contributed by atoms with van der Waals surface area (Å²) in [5, 5.41) is 4.15. The Morgan fingerprint density at radius 1 is 1.05 bits per heavy atom. The maximum Gasteiger partial charge on any atom is 0.254 e. The highest BCUT2D eigenvalue weighted by molar-refractivity contribution is 6.30. The van der Waals surface area contributed by atoms with Crippen molar-refractivity contribution >= 4 is 17.5 Å². The smallest absolute Gasteiger partial charge is 0.254 e. The highest BCUT2D eigenvalue weighted by atomic mass is 35.5. The van der Waals surface area contributed by atoms with Gasteiger partial charge in [-0.25, -0.2) is 4.98 Å². The lowest BCUT2D eigenvalue weighted by Gasteiger charge is -2.41. The van der Waals surface area contributed by atoms with Crippen LogP contribution in [0.3, 0.4) is 0 Å². The lowest BCUT2D eigenvalue weighted by atomic mass is 9.83. The lowest BCUT2D eigenvalue weighted by Crippen LogP contribution is -2.45.